The smallest absolute Gasteiger partial charge is 0.309 e. The van der Waals surface area contributed by atoms with Crippen molar-refractivity contribution in [2.75, 3.05) is 0 Å². The van der Waals surface area contributed by atoms with Crippen LogP contribution in [0, 0.1) is 5.92 Å². The standard InChI is InChI=1S/C13H22O2/c1-3-8-11(4-2)13(14)15-12-9-6-5-7-10-12/h3,11-12H,1,4-10H2,2H3. The van der Waals surface area contributed by atoms with Crippen LogP contribution in [0.4, 0.5) is 0 Å². The normalized spacial score (nSPS) is 19.5. The third-order valence-corrected chi connectivity index (χ3v) is 3.11. The van der Waals surface area contributed by atoms with Crippen LogP contribution < -0.4 is 0 Å². The van der Waals surface area contributed by atoms with E-state index in [1.807, 2.05) is 6.92 Å². The predicted molar refractivity (Wildman–Crippen MR) is 61.6 cm³/mol. The maximum atomic E-state index is 11.8. The fourth-order valence-corrected chi connectivity index (χ4v) is 2.07. The van der Waals surface area contributed by atoms with Crippen LogP contribution in [0.25, 0.3) is 0 Å². The molecule has 0 amide bonds. The van der Waals surface area contributed by atoms with E-state index in [4.69, 9.17) is 4.74 Å². The lowest BCUT2D eigenvalue weighted by Gasteiger charge is -2.23. The molecule has 0 bridgehead atoms. The lowest BCUT2D eigenvalue weighted by molar-refractivity contribution is -0.155. The average Bonchev–Trinajstić information content (AvgIpc) is 2.27. The highest BCUT2D eigenvalue weighted by atomic mass is 16.5. The summed E-state index contributed by atoms with van der Waals surface area (Å²) in [6.45, 7) is 5.69. The average molecular weight is 210 g/mol. The Bertz CT molecular complexity index is 205. The zero-order chi connectivity index (χ0) is 11.1. The summed E-state index contributed by atoms with van der Waals surface area (Å²) in [6, 6.07) is 0. The zero-order valence-corrected chi connectivity index (χ0v) is 9.71. The molecule has 0 aliphatic heterocycles. The number of esters is 1. The van der Waals surface area contributed by atoms with Gasteiger partial charge in [0.05, 0.1) is 5.92 Å². The second kappa shape index (κ2) is 6.65. The van der Waals surface area contributed by atoms with Gasteiger partial charge < -0.3 is 4.74 Å². The van der Waals surface area contributed by atoms with Crippen LogP contribution in [0.5, 0.6) is 0 Å². The Morgan fingerprint density at radius 2 is 2.13 bits per heavy atom. The summed E-state index contributed by atoms with van der Waals surface area (Å²) in [6.07, 6.45) is 9.37. The molecule has 1 saturated carbocycles. The molecule has 0 spiro atoms. The van der Waals surface area contributed by atoms with E-state index in [1.54, 1.807) is 6.08 Å². The molecule has 1 aliphatic carbocycles. The molecule has 1 unspecified atom stereocenters. The first-order valence-electron chi connectivity index (χ1n) is 6.09. The van der Waals surface area contributed by atoms with Crippen molar-refractivity contribution < 1.29 is 9.53 Å². The highest BCUT2D eigenvalue weighted by Gasteiger charge is 2.22. The number of ether oxygens (including phenoxy) is 1. The minimum absolute atomic E-state index is 0.0180. The molecule has 0 N–H and O–H groups in total. The molecule has 0 aromatic carbocycles. The van der Waals surface area contributed by atoms with E-state index >= 15 is 0 Å². The highest BCUT2D eigenvalue weighted by molar-refractivity contribution is 5.72. The van der Waals surface area contributed by atoms with Gasteiger partial charge in [0.1, 0.15) is 6.10 Å². The van der Waals surface area contributed by atoms with E-state index in [9.17, 15) is 4.79 Å². The van der Waals surface area contributed by atoms with Gasteiger partial charge in [-0.1, -0.05) is 19.4 Å². The fraction of sp³-hybridized carbons (Fsp3) is 0.769. The molecule has 0 saturated heterocycles. The Hall–Kier alpha value is -0.790. The van der Waals surface area contributed by atoms with E-state index in [0.717, 1.165) is 25.7 Å². The maximum Gasteiger partial charge on any atom is 0.309 e. The van der Waals surface area contributed by atoms with Gasteiger partial charge in [0.2, 0.25) is 0 Å². The van der Waals surface area contributed by atoms with Crippen LogP contribution in [-0.2, 0) is 9.53 Å². The summed E-state index contributed by atoms with van der Waals surface area (Å²) >= 11 is 0. The van der Waals surface area contributed by atoms with E-state index in [0.29, 0.717) is 0 Å². The molecular formula is C13H22O2. The summed E-state index contributed by atoms with van der Waals surface area (Å²) in [5, 5.41) is 0. The van der Waals surface area contributed by atoms with Crippen molar-refractivity contribution in [3.8, 4) is 0 Å². The van der Waals surface area contributed by atoms with E-state index in [2.05, 4.69) is 6.58 Å². The third kappa shape index (κ3) is 4.06. The topological polar surface area (TPSA) is 26.3 Å². The summed E-state index contributed by atoms with van der Waals surface area (Å²) in [5.41, 5.74) is 0. The summed E-state index contributed by atoms with van der Waals surface area (Å²) in [4.78, 5) is 11.8. The van der Waals surface area contributed by atoms with Crippen molar-refractivity contribution >= 4 is 5.97 Å². The fourth-order valence-electron chi connectivity index (χ4n) is 2.07. The van der Waals surface area contributed by atoms with Crippen molar-refractivity contribution in [3.05, 3.63) is 12.7 Å². The Balaban J connectivity index is 2.34. The van der Waals surface area contributed by atoms with Crippen LogP contribution in [0.2, 0.25) is 0 Å². The Labute approximate surface area is 92.7 Å². The van der Waals surface area contributed by atoms with Crippen molar-refractivity contribution in [2.24, 2.45) is 5.92 Å². The number of carbonyl (C=O) groups excluding carboxylic acids is 1. The number of hydrogen-bond acceptors (Lipinski definition) is 2. The molecule has 1 aliphatic rings. The molecular weight excluding hydrogens is 188 g/mol. The largest absolute Gasteiger partial charge is 0.462 e. The first-order chi connectivity index (χ1) is 7.27. The minimum atomic E-state index is -0.0238. The van der Waals surface area contributed by atoms with Crippen LogP contribution in [0.3, 0.4) is 0 Å². The van der Waals surface area contributed by atoms with Gasteiger partial charge in [-0.25, -0.2) is 0 Å². The molecule has 0 radical (unpaired) electrons. The van der Waals surface area contributed by atoms with Crippen LogP contribution in [-0.4, -0.2) is 12.1 Å². The zero-order valence-electron chi connectivity index (χ0n) is 9.71. The van der Waals surface area contributed by atoms with Crippen molar-refractivity contribution in [1.29, 1.82) is 0 Å². The molecule has 1 atom stereocenters. The van der Waals surface area contributed by atoms with Crippen molar-refractivity contribution in [3.63, 3.8) is 0 Å². The lowest BCUT2D eigenvalue weighted by Crippen LogP contribution is -2.25. The number of allylic oxidation sites excluding steroid dienone is 1. The first-order valence-corrected chi connectivity index (χ1v) is 6.09. The Morgan fingerprint density at radius 3 is 2.67 bits per heavy atom. The summed E-state index contributed by atoms with van der Waals surface area (Å²) in [5.74, 6) is -0.00581. The monoisotopic (exact) mass is 210 g/mol. The van der Waals surface area contributed by atoms with Gasteiger partial charge in [0, 0.05) is 0 Å². The van der Waals surface area contributed by atoms with Gasteiger partial charge in [0.25, 0.3) is 0 Å². The van der Waals surface area contributed by atoms with Gasteiger partial charge in [-0.05, 0) is 38.5 Å². The third-order valence-electron chi connectivity index (χ3n) is 3.11. The minimum Gasteiger partial charge on any atom is -0.462 e. The lowest BCUT2D eigenvalue weighted by atomic mass is 9.97. The number of carbonyl (C=O) groups is 1. The van der Waals surface area contributed by atoms with Crippen LogP contribution in [0.15, 0.2) is 12.7 Å². The van der Waals surface area contributed by atoms with Gasteiger partial charge in [0.15, 0.2) is 0 Å². The molecule has 0 aromatic heterocycles. The Kier molecular flexibility index (Phi) is 5.44. The van der Waals surface area contributed by atoms with Crippen molar-refractivity contribution in [2.45, 2.75) is 58.0 Å². The molecule has 15 heavy (non-hydrogen) atoms. The van der Waals surface area contributed by atoms with E-state index in [-0.39, 0.29) is 18.0 Å². The van der Waals surface area contributed by atoms with E-state index < -0.39 is 0 Å². The van der Waals surface area contributed by atoms with Crippen molar-refractivity contribution in [1.82, 2.24) is 0 Å². The number of rotatable bonds is 5. The summed E-state index contributed by atoms with van der Waals surface area (Å²) in [7, 11) is 0. The van der Waals surface area contributed by atoms with Gasteiger partial charge in [-0.3, -0.25) is 4.79 Å². The quantitative estimate of drug-likeness (QED) is 0.513. The SMILES string of the molecule is C=CCC(CC)C(=O)OC1CCCCC1. The molecule has 2 heteroatoms. The Morgan fingerprint density at radius 1 is 1.47 bits per heavy atom. The second-order valence-electron chi connectivity index (χ2n) is 4.33. The molecule has 1 fully saturated rings. The maximum absolute atomic E-state index is 11.8. The predicted octanol–water partition coefficient (Wildman–Crippen LogP) is 3.46. The number of hydrogen-bond donors (Lipinski definition) is 0. The summed E-state index contributed by atoms with van der Waals surface area (Å²) < 4.78 is 5.51. The van der Waals surface area contributed by atoms with Gasteiger partial charge in [-0.2, -0.15) is 0 Å². The van der Waals surface area contributed by atoms with E-state index in [1.165, 1.54) is 19.3 Å². The molecule has 86 valence electrons. The molecule has 0 heterocycles. The second-order valence-corrected chi connectivity index (χ2v) is 4.33. The van der Waals surface area contributed by atoms with Gasteiger partial charge in [-0.15, -0.1) is 6.58 Å². The molecule has 1 rings (SSSR count). The first kappa shape index (κ1) is 12.3. The molecule has 0 aromatic rings. The molecule has 2 nitrogen and oxygen atoms in total. The van der Waals surface area contributed by atoms with Crippen LogP contribution in [0.1, 0.15) is 51.9 Å². The van der Waals surface area contributed by atoms with Gasteiger partial charge >= 0.3 is 5.97 Å². The van der Waals surface area contributed by atoms with Crippen LogP contribution >= 0.6 is 0 Å². The highest BCUT2D eigenvalue weighted by Crippen LogP contribution is 2.22.